The largest absolute Gasteiger partial charge is 0.376 e. The lowest BCUT2D eigenvalue weighted by Gasteiger charge is -2.08. The first-order valence-electron chi connectivity index (χ1n) is 5.50. The molecule has 0 amide bonds. The lowest BCUT2D eigenvalue weighted by molar-refractivity contribution is 0.162. The van der Waals surface area contributed by atoms with E-state index in [1.54, 1.807) is 6.92 Å². The van der Waals surface area contributed by atoms with Gasteiger partial charge in [0.1, 0.15) is 16.5 Å². The molecule has 0 aliphatic heterocycles. The first-order chi connectivity index (χ1) is 8.83. The first kappa shape index (κ1) is 15.7. The van der Waals surface area contributed by atoms with Crippen LogP contribution in [0, 0.1) is 11.6 Å². The summed E-state index contributed by atoms with van der Waals surface area (Å²) >= 11 is 0. The topological polar surface area (TPSA) is 55.4 Å². The maximum absolute atomic E-state index is 13.3. The SMILES string of the molecule is C=C(C)COCCNS(=O)(=O)c1cc(F)ccc1F. The maximum Gasteiger partial charge on any atom is 0.243 e. The minimum absolute atomic E-state index is 0.0361. The Labute approximate surface area is 111 Å². The zero-order valence-electron chi connectivity index (χ0n) is 10.4. The molecule has 0 aliphatic rings. The number of benzene rings is 1. The van der Waals surface area contributed by atoms with Crippen LogP contribution in [0.15, 0.2) is 35.2 Å². The van der Waals surface area contributed by atoms with E-state index in [1.165, 1.54) is 0 Å². The minimum Gasteiger partial charge on any atom is -0.376 e. The van der Waals surface area contributed by atoms with Crippen LogP contribution in [0.4, 0.5) is 8.78 Å². The second kappa shape index (κ2) is 6.74. The van der Waals surface area contributed by atoms with E-state index in [-0.39, 0.29) is 13.2 Å². The molecule has 0 aliphatic carbocycles. The van der Waals surface area contributed by atoms with Gasteiger partial charge in [0.25, 0.3) is 0 Å². The normalized spacial score (nSPS) is 11.5. The molecule has 1 aromatic rings. The molecule has 0 spiro atoms. The summed E-state index contributed by atoms with van der Waals surface area (Å²) in [5.74, 6) is -1.82. The van der Waals surface area contributed by atoms with Crippen LogP contribution in [0.25, 0.3) is 0 Å². The van der Waals surface area contributed by atoms with Crippen molar-refractivity contribution in [1.82, 2.24) is 4.72 Å². The van der Waals surface area contributed by atoms with Crippen molar-refractivity contribution in [1.29, 1.82) is 0 Å². The molecule has 0 unspecified atom stereocenters. The Morgan fingerprint density at radius 1 is 1.42 bits per heavy atom. The van der Waals surface area contributed by atoms with Crippen molar-refractivity contribution in [3.05, 3.63) is 42.0 Å². The zero-order chi connectivity index (χ0) is 14.5. The fourth-order valence-electron chi connectivity index (χ4n) is 1.26. The predicted molar refractivity (Wildman–Crippen MR) is 67.2 cm³/mol. The molecule has 0 atom stereocenters. The van der Waals surface area contributed by atoms with E-state index in [0.717, 1.165) is 17.7 Å². The standard InChI is InChI=1S/C12H15F2NO3S/c1-9(2)8-18-6-5-15-19(16,17)12-7-10(13)3-4-11(12)14/h3-4,7,15H,1,5-6,8H2,2H3. The highest BCUT2D eigenvalue weighted by atomic mass is 32.2. The van der Waals surface area contributed by atoms with E-state index >= 15 is 0 Å². The lowest BCUT2D eigenvalue weighted by atomic mass is 10.3. The molecule has 0 saturated heterocycles. The highest BCUT2D eigenvalue weighted by Gasteiger charge is 2.19. The quantitative estimate of drug-likeness (QED) is 0.616. The fourth-order valence-corrected chi connectivity index (χ4v) is 2.36. The Morgan fingerprint density at radius 2 is 2.11 bits per heavy atom. The average molecular weight is 291 g/mol. The van der Waals surface area contributed by atoms with Crippen molar-refractivity contribution in [3.8, 4) is 0 Å². The Bertz CT molecular complexity index is 558. The zero-order valence-corrected chi connectivity index (χ0v) is 11.3. The predicted octanol–water partition coefficient (Wildman–Crippen LogP) is 1.84. The Kier molecular flexibility index (Phi) is 5.59. The van der Waals surface area contributed by atoms with Gasteiger partial charge in [-0.15, -0.1) is 0 Å². The van der Waals surface area contributed by atoms with Crippen molar-refractivity contribution >= 4 is 10.0 Å². The van der Waals surface area contributed by atoms with Crippen LogP contribution in [0.1, 0.15) is 6.92 Å². The number of hydrogen-bond acceptors (Lipinski definition) is 3. The van der Waals surface area contributed by atoms with E-state index in [0.29, 0.717) is 12.7 Å². The number of ether oxygens (including phenoxy) is 1. The number of sulfonamides is 1. The Hall–Kier alpha value is -1.31. The molecule has 1 rings (SSSR count). The molecule has 1 aromatic carbocycles. The number of hydrogen-bond donors (Lipinski definition) is 1. The first-order valence-corrected chi connectivity index (χ1v) is 6.98. The molecule has 0 bridgehead atoms. The van der Waals surface area contributed by atoms with Gasteiger partial charge in [-0.25, -0.2) is 21.9 Å². The highest BCUT2D eigenvalue weighted by Crippen LogP contribution is 2.15. The van der Waals surface area contributed by atoms with Crippen molar-refractivity contribution in [2.45, 2.75) is 11.8 Å². The van der Waals surface area contributed by atoms with Gasteiger partial charge in [0.05, 0.1) is 13.2 Å². The van der Waals surface area contributed by atoms with Gasteiger partial charge < -0.3 is 4.74 Å². The molecule has 0 heterocycles. The second-order valence-electron chi connectivity index (χ2n) is 3.98. The third-order valence-corrected chi connectivity index (χ3v) is 3.55. The fraction of sp³-hybridized carbons (Fsp3) is 0.333. The molecule has 106 valence electrons. The van der Waals surface area contributed by atoms with E-state index in [1.807, 2.05) is 0 Å². The number of rotatable bonds is 7. The summed E-state index contributed by atoms with van der Waals surface area (Å²) in [5, 5.41) is 0. The van der Waals surface area contributed by atoms with Crippen LogP contribution in [-0.4, -0.2) is 28.2 Å². The van der Waals surface area contributed by atoms with Crippen molar-refractivity contribution in [3.63, 3.8) is 0 Å². The van der Waals surface area contributed by atoms with Gasteiger partial charge in [-0.2, -0.15) is 0 Å². The van der Waals surface area contributed by atoms with Crippen LogP contribution in [-0.2, 0) is 14.8 Å². The molecule has 0 saturated carbocycles. The third kappa shape index (κ3) is 5.06. The molecule has 0 fully saturated rings. The van der Waals surface area contributed by atoms with Crippen LogP contribution in [0.3, 0.4) is 0 Å². The molecule has 7 heteroatoms. The van der Waals surface area contributed by atoms with E-state index in [4.69, 9.17) is 4.74 Å². The maximum atomic E-state index is 13.3. The monoisotopic (exact) mass is 291 g/mol. The van der Waals surface area contributed by atoms with Crippen LogP contribution in [0.2, 0.25) is 0 Å². The van der Waals surface area contributed by atoms with Gasteiger partial charge >= 0.3 is 0 Å². The summed E-state index contributed by atoms with van der Waals surface area (Å²) in [6.45, 7) is 5.78. The number of nitrogens with one attached hydrogen (secondary N) is 1. The summed E-state index contributed by atoms with van der Waals surface area (Å²) in [4.78, 5) is -0.715. The summed E-state index contributed by atoms with van der Waals surface area (Å²) in [6, 6.07) is 2.25. The highest BCUT2D eigenvalue weighted by molar-refractivity contribution is 7.89. The summed E-state index contributed by atoms with van der Waals surface area (Å²) < 4.78 is 56.9. The van der Waals surface area contributed by atoms with Crippen LogP contribution in [0.5, 0.6) is 0 Å². The van der Waals surface area contributed by atoms with Gasteiger partial charge in [-0.1, -0.05) is 12.2 Å². The third-order valence-electron chi connectivity index (χ3n) is 2.07. The number of halogens is 2. The summed E-state index contributed by atoms with van der Waals surface area (Å²) in [5.41, 5.74) is 0.805. The van der Waals surface area contributed by atoms with E-state index in [9.17, 15) is 17.2 Å². The van der Waals surface area contributed by atoms with Crippen molar-refractivity contribution in [2.24, 2.45) is 0 Å². The van der Waals surface area contributed by atoms with Crippen molar-refractivity contribution in [2.75, 3.05) is 19.8 Å². The smallest absolute Gasteiger partial charge is 0.243 e. The van der Waals surface area contributed by atoms with Gasteiger partial charge in [0, 0.05) is 6.54 Å². The lowest BCUT2D eigenvalue weighted by Crippen LogP contribution is -2.28. The van der Waals surface area contributed by atoms with Crippen LogP contribution >= 0.6 is 0 Å². The molecule has 1 N–H and O–H groups in total. The minimum atomic E-state index is -4.08. The molecule has 19 heavy (non-hydrogen) atoms. The molecular weight excluding hydrogens is 276 g/mol. The molecule has 4 nitrogen and oxygen atoms in total. The molecular formula is C12H15F2NO3S. The van der Waals surface area contributed by atoms with Crippen molar-refractivity contribution < 1.29 is 21.9 Å². The second-order valence-corrected chi connectivity index (χ2v) is 5.72. The average Bonchev–Trinajstić information content (AvgIpc) is 2.31. The van der Waals surface area contributed by atoms with E-state index < -0.39 is 26.6 Å². The summed E-state index contributed by atoms with van der Waals surface area (Å²) in [7, 11) is -4.08. The molecule has 0 aromatic heterocycles. The van der Waals surface area contributed by atoms with Gasteiger partial charge in [0.15, 0.2) is 0 Å². The van der Waals surface area contributed by atoms with Crippen LogP contribution < -0.4 is 4.72 Å². The van der Waals surface area contributed by atoms with Gasteiger partial charge in [0.2, 0.25) is 10.0 Å². The Morgan fingerprint density at radius 3 is 2.74 bits per heavy atom. The van der Waals surface area contributed by atoms with Gasteiger partial charge in [-0.05, 0) is 25.1 Å². The summed E-state index contributed by atoms with van der Waals surface area (Å²) in [6.07, 6.45) is 0. The van der Waals surface area contributed by atoms with E-state index in [2.05, 4.69) is 11.3 Å². The Balaban J connectivity index is 2.61. The van der Waals surface area contributed by atoms with Gasteiger partial charge in [-0.3, -0.25) is 0 Å². The molecule has 0 radical (unpaired) electrons.